The van der Waals surface area contributed by atoms with Crippen LogP contribution in [0, 0.1) is 5.92 Å². The summed E-state index contributed by atoms with van der Waals surface area (Å²) in [6, 6.07) is 11.0. The van der Waals surface area contributed by atoms with Gasteiger partial charge in [0, 0.05) is 18.3 Å². The fraction of sp³-hybridized carbons (Fsp3) is 0.571. The van der Waals surface area contributed by atoms with Crippen LogP contribution in [0.2, 0.25) is 0 Å². The Morgan fingerprint density at radius 2 is 1.94 bits per heavy atom. The molecule has 1 fully saturated rings. The molecule has 1 aliphatic rings. The molecule has 2 atom stereocenters. The summed E-state index contributed by atoms with van der Waals surface area (Å²) < 4.78 is 0. The average Bonchev–Trinajstić information content (AvgIpc) is 2.30. The smallest absolute Gasteiger partial charge is 0.0576 e. The number of benzene rings is 1. The highest BCUT2D eigenvalue weighted by atomic mass is 16.3. The first-order chi connectivity index (χ1) is 7.68. The van der Waals surface area contributed by atoms with Gasteiger partial charge in [-0.2, -0.15) is 0 Å². The van der Waals surface area contributed by atoms with E-state index in [1.807, 2.05) is 6.07 Å². The zero-order valence-corrected chi connectivity index (χ0v) is 10.1. The molecule has 2 heteroatoms. The Bertz CT molecular complexity index is 323. The Hall–Kier alpha value is -1.02. The van der Waals surface area contributed by atoms with Crippen molar-refractivity contribution in [2.45, 2.75) is 38.8 Å². The molecule has 1 saturated heterocycles. The van der Waals surface area contributed by atoms with Crippen molar-refractivity contribution < 1.29 is 5.11 Å². The summed E-state index contributed by atoms with van der Waals surface area (Å²) in [5.41, 5.74) is 1.29. The Kier molecular flexibility index (Phi) is 3.49. The van der Waals surface area contributed by atoms with Crippen LogP contribution in [-0.4, -0.2) is 23.8 Å². The standard InChI is InChI=1S/C14H21NO/c1-11(2)14-10-13(16)8-9-15(14)12-6-4-3-5-7-12/h3-7,11,13-14,16H,8-10H2,1-2H3/t13-,14-/m0/s1. The monoisotopic (exact) mass is 219 g/mol. The highest BCUT2D eigenvalue weighted by molar-refractivity contribution is 5.47. The van der Waals surface area contributed by atoms with Crippen molar-refractivity contribution in [3.63, 3.8) is 0 Å². The van der Waals surface area contributed by atoms with Gasteiger partial charge in [0.1, 0.15) is 0 Å². The number of hydrogen-bond donors (Lipinski definition) is 1. The Balaban J connectivity index is 2.19. The summed E-state index contributed by atoms with van der Waals surface area (Å²) in [6.45, 7) is 5.44. The van der Waals surface area contributed by atoms with Crippen LogP contribution in [-0.2, 0) is 0 Å². The van der Waals surface area contributed by atoms with Crippen LogP contribution in [0.3, 0.4) is 0 Å². The minimum Gasteiger partial charge on any atom is -0.393 e. The molecule has 0 saturated carbocycles. The lowest BCUT2D eigenvalue weighted by Crippen LogP contribution is -2.47. The fourth-order valence-electron chi connectivity index (χ4n) is 2.55. The van der Waals surface area contributed by atoms with Gasteiger partial charge in [0.15, 0.2) is 0 Å². The van der Waals surface area contributed by atoms with E-state index in [1.54, 1.807) is 0 Å². The fourth-order valence-corrected chi connectivity index (χ4v) is 2.55. The Morgan fingerprint density at radius 3 is 2.56 bits per heavy atom. The number of para-hydroxylation sites is 1. The zero-order valence-electron chi connectivity index (χ0n) is 10.1. The maximum absolute atomic E-state index is 9.77. The molecule has 0 aliphatic carbocycles. The van der Waals surface area contributed by atoms with Crippen molar-refractivity contribution in [1.82, 2.24) is 0 Å². The van der Waals surface area contributed by atoms with Gasteiger partial charge in [-0.05, 0) is 30.9 Å². The number of aliphatic hydroxyl groups excluding tert-OH is 1. The van der Waals surface area contributed by atoms with Gasteiger partial charge in [0.2, 0.25) is 0 Å². The van der Waals surface area contributed by atoms with Crippen LogP contribution in [0.15, 0.2) is 30.3 Å². The molecule has 0 unspecified atom stereocenters. The average molecular weight is 219 g/mol. The molecule has 0 amide bonds. The van der Waals surface area contributed by atoms with E-state index in [9.17, 15) is 5.11 Å². The van der Waals surface area contributed by atoms with Crippen LogP contribution in [0.4, 0.5) is 5.69 Å². The lowest BCUT2D eigenvalue weighted by atomic mass is 9.90. The van der Waals surface area contributed by atoms with E-state index in [0.29, 0.717) is 12.0 Å². The summed E-state index contributed by atoms with van der Waals surface area (Å²) in [5, 5.41) is 9.77. The third-order valence-corrected chi connectivity index (χ3v) is 3.47. The van der Waals surface area contributed by atoms with Crippen molar-refractivity contribution in [3.05, 3.63) is 30.3 Å². The summed E-state index contributed by atoms with van der Waals surface area (Å²) in [5.74, 6) is 0.579. The van der Waals surface area contributed by atoms with E-state index >= 15 is 0 Å². The van der Waals surface area contributed by atoms with Gasteiger partial charge in [0.05, 0.1) is 6.10 Å². The van der Waals surface area contributed by atoms with Crippen LogP contribution in [0.5, 0.6) is 0 Å². The zero-order chi connectivity index (χ0) is 11.5. The maximum atomic E-state index is 9.77. The number of hydrogen-bond acceptors (Lipinski definition) is 2. The predicted molar refractivity (Wildman–Crippen MR) is 67.7 cm³/mol. The lowest BCUT2D eigenvalue weighted by molar-refractivity contribution is 0.118. The number of aliphatic hydroxyl groups is 1. The molecule has 1 heterocycles. The first kappa shape index (κ1) is 11.5. The van der Waals surface area contributed by atoms with Crippen molar-refractivity contribution in [2.75, 3.05) is 11.4 Å². The van der Waals surface area contributed by atoms with Gasteiger partial charge in [0.25, 0.3) is 0 Å². The van der Waals surface area contributed by atoms with E-state index in [4.69, 9.17) is 0 Å². The third kappa shape index (κ3) is 2.38. The first-order valence-electron chi connectivity index (χ1n) is 6.18. The SMILES string of the molecule is CC(C)[C@@H]1C[C@@H](O)CCN1c1ccccc1. The molecule has 0 spiro atoms. The Labute approximate surface area is 97.9 Å². The summed E-state index contributed by atoms with van der Waals surface area (Å²) in [7, 11) is 0. The summed E-state index contributed by atoms with van der Waals surface area (Å²) in [6.07, 6.45) is 1.66. The number of piperidine rings is 1. The third-order valence-electron chi connectivity index (χ3n) is 3.47. The molecule has 88 valence electrons. The Morgan fingerprint density at radius 1 is 1.25 bits per heavy atom. The molecule has 2 rings (SSSR count). The highest BCUT2D eigenvalue weighted by Gasteiger charge is 2.29. The molecule has 0 radical (unpaired) electrons. The number of rotatable bonds is 2. The van der Waals surface area contributed by atoms with Gasteiger partial charge in [-0.25, -0.2) is 0 Å². The largest absolute Gasteiger partial charge is 0.393 e. The molecule has 0 bridgehead atoms. The van der Waals surface area contributed by atoms with E-state index in [0.717, 1.165) is 19.4 Å². The minimum atomic E-state index is -0.118. The van der Waals surface area contributed by atoms with Crippen molar-refractivity contribution >= 4 is 5.69 Å². The van der Waals surface area contributed by atoms with E-state index in [2.05, 4.69) is 43.0 Å². The molecule has 1 aromatic carbocycles. The van der Waals surface area contributed by atoms with Crippen molar-refractivity contribution in [1.29, 1.82) is 0 Å². The summed E-state index contributed by atoms with van der Waals surface area (Å²) >= 11 is 0. The molecule has 2 nitrogen and oxygen atoms in total. The van der Waals surface area contributed by atoms with Crippen molar-refractivity contribution in [3.8, 4) is 0 Å². The van der Waals surface area contributed by atoms with Crippen LogP contribution in [0.25, 0.3) is 0 Å². The van der Waals surface area contributed by atoms with E-state index < -0.39 is 0 Å². The predicted octanol–water partition coefficient (Wildman–Crippen LogP) is 2.67. The van der Waals surface area contributed by atoms with Crippen LogP contribution >= 0.6 is 0 Å². The molecule has 16 heavy (non-hydrogen) atoms. The van der Waals surface area contributed by atoms with Crippen LogP contribution in [0.1, 0.15) is 26.7 Å². The minimum absolute atomic E-state index is 0.118. The molecular weight excluding hydrogens is 198 g/mol. The molecule has 1 N–H and O–H groups in total. The first-order valence-corrected chi connectivity index (χ1v) is 6.18. The number of nitrogens with zero attached hydrogens (tertiary/aromatic N) is 1. The van der Waals surface area contributed by atoms with Gasteiger partial charge in [-0.1, -0.05) is 32.0 Å². The van der Waals surface area contributed by atoms with Gasteiger partial charge in [-0.15, -0.1) is 0 Å². The molecular formula is C14H21NO. The molecule has 1 aliphatic heterocycles. The second-order valence-electron chi connectivity index (χ2n) is 5.02. The quantitative estimate of drug-likeness (QED) is 0.826. The van der Waals surface area contributed by atoms with Crippen molar-refractivity contribution in [2.24, 2.45) is 5.92 Å². The number of anilines is 1. The summed E-state index contributed by atoms with van der Waals surface area (Å²) in [4.78, 5) is 2.44. The maximum Gasteiger partial charge on any atom is 0.0576 e. The topological polar surface area (TPSA) is 23.5 Å². The van der Waals surface area contributed by atoms with Gasteiger partial charge >= 0.3 is 0 Å². The van der Waals surface area contributed by atoms with Crippen LogP contribution < -0.4 is 4.90 Å². The second kappa shape index (κ2) is 4.88. The molecule has 1 aromatic rings. The van der Waals surface area contributed by atoms with Gasteiger partial charge in [-0.3, -0.25) is 0 Å². The lowest BCUT2D eigenvalue weighted by Gasteiger charge is -2.41. The highest BCUT2D eigenvalue weighted by Crippen LogP contribution is 2.28. The van der Waals surface area contributed by atoms with Gasteiger partial charge < -0.3 is 10.0 Å². The van der Waals surface area contributed by atoms with E-state index in [-0.39, 0.29) is 6.10 Å². The van der Waals surface area contributed by atoms with E-state index in [1.165, 1.54) is 5.69 Å². The molecule has 0 aromatic heterocycles. The second-order valence-corrected chi connectivity index (χ2v) is 5.02. The normalized spacial score (nSPS) is 26.1.